The summed E-state index contributed by atoms with van der Waals surface area (Å²) in [6.45, 7) is 1.39. The Morgan fingerprint density at radius 1 is 0.864 bits per heavy atom. The van der Waals surface area contributed by atoms with Crippen molar-refractivity contribution in [3.8, 4) is 17.2 Å². The molecule has 2 aliphatic heterocycles. The number of ether oxygens (including phenoxy) is 3. The van der Waals surface area contributed by atoms with Gasteiger partial charge in [0.05, 0.1) is 5.56 Å². The highest BCUT2D eigenvalue weighted by Crippen LogP contribution is 2.32. The molecule has 2 aromatic carbocycles. The van der Waals surface area contributed by atoms with E-state index in [-0.39, 0.29) is 12.4 Å². The van der Waals surface area contributed by atoms with Crippen LogP contribution in [0.4, 0.5) is 0 Å². The first-order valence-electron chi connectivity index (χ1n) is 7.18. The van der Waals surface area contributed by atoms with Crippen molar-refractivity contribution in [3.05, 3.63) is 59.2 Å². The summed E-state index contributed by atoms with van der Waals surface area (Å²) in [6.07, 6.45) is 1.84. The number of carbonyl (C=O) groups excluding carboxylic acids is 1. The molecule has 0 spiro atoms. The molecule has 0 aromatic heterocycles. The van der Waals surface area contributed by atoms with Gasteiger partial charge in [-0.3, -0.25) is 4.79 Å². The summed E-state index contributed by atoms with van der Waals surface area (Å²) in [5.41, 5.74) is 2.14. The van der Waals surface area contributed by atoms with E-state index in [0.717, 1.165) is 11.3 Å². The maximum atomic E-state index is 12.5. The topological polar surface area (TPSA) is 44.8 Å². The van der Waals surface area contributed by atoms with Crippen molar-refractivity contribution in [1.82, 2.24) is 0 Å². The lowest BCUT2D eigenvalue weighted by molar-refractivity contribution is 0.100. The number of rotatable bonds is 1. The van der Waals surface area contributed by atoms with Crippen molar-refractivity contribution in [3.63, 3.8) is 0 Å². The molecule has 22 heavy (non-hydrogen) atoms. The molecule has 0 N–H and O–H groups in total. The van der Waals surface area contributed by atoms with Crippen LogP contribution in [0.15, 0.2) is 48.0 Å². The van der Waals surface area contributed by atoms with Crippen LogP contribution in [0.3, 0.4) is 0 Å². The lowest BCUT2D eigenvalue weighted by Crippen LogP contribution is -2.19. The first-order valence-corrected chi connectivity index (χ1v) is 7.18. The predicted molar refractivity (Wildman–Crippen MR) is 81.7 cm³/mol. The number of hydrogen-bond acceptors (Lipinski definition) is 4. The molecule has 0 aliphatic carbocycles. The third-order valence-electron chi connectivity index (χ3n) is 3.71. The fraction of sp³-hybridized carbons (Fsp3) is 0.167. The molecule has 110 valence electrons. The first-order chi connectivity index (χ1) is 10.8. The molecule has 0 saturated heterocycles. The van der Waals surface area contributed by atoms with E-state index < -0.39 is 0 Å². The van der Waals surface area contributed by atoms with Crippen LogP contribution in [0.1, 0.15) is 15.9 Å². The van der Waals surface area contributed by atoms with Crippen LogP contribution >= 0.6 is 0 Å². The molecule has 4 nitrogen and oxygen atoms in total. The molecule has 0 radical (unpaired) electrons. The average Bonchev–Trinajstić information content (AvgIpc) is 2.57. The summed E-state index contributed by atoms with van der Waals surface area (Å²) in [5.74, 6) is 2.11. The van der Waals surface area contributed by atoms with Gasteiger partial charge in [0.1, 0.15) is 25.6 Å². The third kappa shape index (κ3) is 2.22. The predicted octanol–water partition coefficient (Wildman–Crippen LogP) is 3.12. The highest BCUT2D eigenvalue weighted by atomic mass is 16.6. The number of benzene rings is 2. The number of carbonyl (C=O) groups is 1. The van der Waals surface area contributed by atoms with Crippen molar-refractivity contribution in [2.45, 2.75) is 0 Å². The van der Waals surface area contributed by atoms with E-state index in [1.54, 1.807) is 6.07 Å². The minimum atomic E-state index is 0.0109. The van der Waals surface area contributed by atoms with Gasteiger partial charge in [-0.1, -0.05) is 18.2 Å². The maximum Gasteiger partial charge on any atom is 0.196 e. The summed E-state index contributed by atoms with van der Waals surface area (Å²) in [4.78, 5) is 12.5. The molecule has 2 heterocycles. The van der Waals surface area contributed by atoms with E-state index in [1.807, 2.05) is 42.5 Å². The van der Waals surface area contributed by atoms with E-state index >= 15 is 0 Å². The van der Waals surface area contributed by atoms with Gasteiger partial charge in [0.25, 0.3) is 0 Å². The summed E-state index contributed by atoms with van der Waals surface area (Å²) in [6, 6.07) is 13.0. The van der Waals surface area contributed by atoms with Gasteiger partial charge < -0.3 is 14.2 Å². The van der Waals surface area contributed by atoms with E-state index in [4.69, 9.17) is 14.2 Å². The molecule has 4 heteroatoms. The molecule has 0 atom stereocenters. The van der Waals surface area contributed by atoms with Gasteiger partial charge >= 0.3 is 0 Å². The molecule has 2 aliphatic rings. The maximum absolute atomic E-state index is 12.5. The quantitative estimate of drug-likeness (QED) is 0.758. The lowest BCUT2D eigenvalue weighted by atomic mass is 9.98. The van der Waals surface area contributed by atoms with E-state index in [9.17, 15) is 4.79 Å². The second kappa shape index (κ2) is 5.22. The summed E-state index contributed by atoms with van der Waals surface area (Å²) < 4.78 is 16.7. The number of para-hydroxylation sites is 1. The van der Waals surface area contributed by atoms with Gasteiger partial charge in [-0.15, -0.1) is 0 Å². The SMILES string of the molecule is O=C1/C(=C/c2ccc3c(c2)OCCO3)COc2ccccc21. The molecular weight excluding hydrogens is 280 g/mol. The zero-order valence-electron chi connectivity index (χ0n) is 11.9. The van der Waals surface area contributed by atoms with Gasteiger partial charge in [-0.2, -0.15) is 0 Å². The van der Waals surface area contributed by atoms with Gasteiger partial charge in [0.15, 0.2) is 17.3 Å². The van der Waals surface area contributed by atoms with Gasteiger partial charge in [-0.25, -0.2) is 0 Å². The second-order valence-electron chi connectivity index (χ2n) is 5.19. The smallest absolute Gasteiger partial charge is 0.196 e. The monoisotopic (exact) mass is 294 g/mol. The zero-order chi connectivity index (χ0) is 14.9. The van der Waals surface area contributed by atoms with Crippen molar-refractivity contribution >= 4 is 11.9 Å². The number of hydrogen-bond donors (Lipinski definition) is 0. The molecule has 4 rings (SSSR count). The standard InChI is InChI=1S/C18H14O4/c19-18-13(11-22-15-4-2-1-3-14(15)18)9-12-5-6-16-17(10-12)21-8-7-20-16/h1-6,9-10H,7-8,11H2/b13-9+. The Morgan fingerprint density at radius 2 is 1.68 bits per heavy atom. The fourth-order valence-corrected chi connectivity index (χ4v) is 2.63. The normalized spacial score (nSPS) is 17.8. The minimum absolute atomic E-state index is 0.0109. The van der Waals surface area contributed by atoms with Gasteiger partial charge in [-0.05, 0) is 35.9 Å². The van der Waals surface area contributed by atoms with Crippen LogP contribution in [-0.2, 0) is 0 Å². The highest BCUT2D eigenvalue weighted by Gasteiger charge is 2.22. The minimum Gasteiger partial charge on any atom is -0.488 e. The summed E-state index contributed by atoms with van der Waals surface area (Å²) >= 11 is 0. The van der Waals surface area contributed by atoms with E-state index in [2.05, 4.69) is 0 Å². The van der Waals surface area contributed by atoms with E-state index in [0.29, 0.717) is 35.8 Å². The molecule has 0 unspecified atom stereocenters. The Hall–Kier alpha value is -2.75. The Balaban J connectivity index is 1.68. The van der Waals surface area contributed by atoms with Crippen molar-refractivity contribution in [1.29, 1.82) is 0 Å². The van der Waals surface area contributed by atoms with Crippen molar-refractivity contribution in [2.75, 3.05) is 19.8 Å². The van der Waals surface area contributed by atoms with Crippen LogP contribution in [0, 0.1) is 0 Å². The molecule has 0 bridgehead atoms. The van der Waals surface area contributed by atoms with Gasteiger partial charge in [0.2, 0.25) is 0 Å². The highest BCUT2D eigenvalue weighted by molar-refractivity contribution is 6.14. The summed E-state index contributed by atoms with van der Waals surface area (Å²) in [7, 11) is 0. The number of ketones is 1. The van der Waals surface area contributed by atoms with Crippen LogP contribution in [-0.4, -0.2) is 25.6 Å². The Morgan fingerprint density at radius 3 is 2.59 bits per heavy atom. The number of Topliss-reactive ketones (excluding diaryl/α,β-unsaturated/α-hetero) is 1. The second-order valence-corrected chi connectivity index (χ2v) is 5.19. The lowest BCUT2D eigenvalue weighted by Gasteiger charge is -2.20. The van der Waals surface area contributed by atoms with Crippen LogP contribution in [0.25, 0.3) is 6.08 Å². The van der Waals surface area contributed by atoms with E-state index in [1.165, 1.54) is 0 Å². The van der Waals surface area contributed by atoms with Crippen LogP contribution in [0.2, 0.25) is 0 Å². The Labute approximate surface area is 127 Å². The molecular formula is C18H14O4. The van der Waals surface area contributed by atoms with Crippen molar-refractivity contribution in [2.24, 2.45) is 0 Å². The fourth-order valence-electron chi connectivity index (χ4n) is 2.63. The zero-order valence-corrected chi connectivity index (χ0v) is 11.9. The van der Waals surface area contributed by atoms with Gasteiger partial charge in [0, 0.05) is 5.57 Å². The molecule has 2 aromatic rings. The molecule has 0 amide bonds. The molecule has 0 fully saturated rings. The Kier molecular flexibility index (Phi) is 3.07. The number of fused-ring (bicyclic) bond motifs is 2. The largest absolute Gasteiger partial charge is 0.488 e. The van der Waals surface area contributed by atoms with Crippen LogP contribution in [0.5, 0.6) is 17.2 Å². The first kappa shape index (κ1) is 13.0. The average molecular weight is 294 g/mol. The molecule has 0 saturated carbocycles. The van der Waals surface area contributed by atoms with Crippen LogP contribution < -0.4 is 14.2 Å². The third-order valence-corrected chi connectivity index (χ3v) is 3.71. The van der Waals surface area contributed by atoms with Crippen molar-refractivity contribution < 1.29 is 19.0 Å². The summed E-state index contributed by atoms with van der Waals surface area (Å²) in [5, 5.41) is 0. The Bertz CT molecular complexity index is 776.